The minimum atomic E-state index is 0.343. The fourth-order valence-corrected chi connectivity index (χ4v) is 4.60. The number of pyridine rings is 1. The third kappa shape index (κ3) is 5.23. The van der Waals surface area contributed by atoms with E-state index in [0.717, 1.165) is 37.6 Å². The minimum Gasteiger partial charge on any atom is -0.342 e. The second-order valence-electron chi connectivity index (χ2n) is 8.10. The Kier molecular flexibility index (Phi) is 6.98. The van der Waals surface area contributed by atoms with Crippen molar-refractivity contribution >= 4 is 17.7 Å². The van der Waals surface area contributed by atoms with Crippen molar-refractivity contribution in [1.82, 2.24) is 14.8 Å². The summed E-state index contributed by atoms with van der Waals surface area (Å²) in [6, 6.07) is 4.08. The number of aromatic nitrogens is 1. The maximum absolute atomic E-state index is 12.4. The molecule has 1 spiro atoms. The molecule has 3 heterocycles. The predicted octanol–water partition coefficient (Wildman–Crippen LogP) is 3.47. The number of carbonyl (C=O) groups excluding carboxylic acids is 1. The lowest BCUT2D eigenvalue weighted by Gasteiger charge is -2.47. The molecule has 144 valence electrons. The number of piperidine rings is 2. The molecular weight excluding hydrogens is 342 g/mol. The van der Waals surface area contributed by atoms with Gasteiger partial charge in [0.2, 0.25) is 5.91 Å². The van der Waals surface area contributed by atoms with Crippen LogP contribution in [-0.4, -0.2) is 64.9 Å². The van der Waals surface area contributed by atoms with E-state index in [4.69, 9.17) is 0 Å². The normalized spacial score (nSPS) is 21.9. The van der Waals surface area contributed by atoms with Crippen LogP contribution in [-0.2, 0) is 11.2 Å². The highest BCUT2D eigenvalue weighted by molar-refractivity contribution is 7.99. The Morgan fingerprint density at radius 1 is 1.27 bits per heavy atom. The highest BCUT2D eigenvalue weighted by Gasteiger charge is 2.40. The van der Waals surface area contributed by atoms with Crippen LogP contribution in [0.25, 0.3) is 0 Å². The minimum absolute atomic E-state index is 0.343. The van der Waals surface area contributed by atoms with E-state index in [9.17, 15) is 4.79 Å². The summed E-state index contributed by atoms with van der Waals surface area (Å²) in [5.74, 6) is 0.343. The molecule has 0 bridgehead atoms. The monoisotopic (exact) mass is 375 g/mol. The van der Waals surface area contributed by atoms with E-state index in [1.807, 2.05) is 24.0 Å². The molecule has 0 N–H and O–H groups in total. The van der Waals surface area contributed by atoms with E-state index in [0.29, 0.717) is 11.3 Å². The molecule has 2 aliphatic heterocycles. The third-order valence-corrected chi connectivity index (χ3v) is 7.35. The van der Waals surface area contributed by atoms with E-state index in [2.05, 4.69) is 34.0 Å². The predicted molar refractivity (Wildman–Crippen MR) is 109 cm³/mol. The average Bonchev–Trinajstić information content (AvgIpc) is 2.69. The second kappa shape index (κ2) is 9.23. The Morgan fingerprint density at radius 3 is 2.77 bits per heavy atom. The number of thioether (sulfide) groups is 1. The molecule has 5 heteroatoms. The quantitative estimate of drug-likeness (QED) is 0.731. The first kappa shape index (κ1) is 19.7. The Hall–Kier alpha value is -1.07. The van der Waals surface area contributed by atoms with Gasteiger partial charge in [0.05, 0.1) is 0 Å². The maximum Gasteiger partial charge on any atom is 0.222 e. The third-order valence-electron chi connectivity index (χ3n) is 6.31. The van der Waals surface area contributed by atoms with Crippen molar-refractivity contribution in [2.24, 2.45) is 5.41 Å². The number of rotatable bonds is 7. The van der Waals surface area contributed by atoms with Crippen molar-refractivity contribution in [2.45, 2.75) is 50.7 Å². The molecule has 1 aromatic rings. The van der Waals surface area contributed by atoms with Crippen LogP contribution < -0.4 is 0 Å². The van der Waals surface area contributed by atoms with Gasteiger partial charge >= 0.3 is 0 Å². The molecule has 3 rings (SSSR count). The molecule has 0 unspecified atom stereocenters. The van der Waals surface area contributed by atoms with Crippen molar-refractivity contribution < 1.29 is 4.79 Å². The van der Waals surface area contributed by atoms with Crippen LogP contribution in [0.15, 0.2) is 24.5 Å². The summed E-state index contributed by atoms with van der Waals surface area (Å²) < 4.78 is 0. The first-order valence-electron chi connectivity index (χ1n) is 10.0. The summed E-state index contributed by atoms with van der Waals surface area (Å²) >= 11 is 1.96. The molecule has 1 aromatic heterocycles. The Labute approximate surface area is 162 Å². The van der Waals surface area contributed by atoms with Gasteiger partial charge in [0.15, 0.2) is 0 Å². The molecular formula is C21H33N3OS. The van der Waals surface area contributed by atoms with Crippen LogP contribution >= 0.6 is 11.8 Å². The standard InChI is InChI=1S/C21H33N3OS/c1-18(26-2)6-12-23-14-9-21(10-15-23)8-5-20(25)24(17-21)13-7-19-4-3-11-22-16-19/h3-4,11,16,18H,5-10,12-15,17H2,1-2H3/t18-/m0/s1. The Morgan fingerprint density at radius 2 is 2.08 bits per heavy atom. The molecule has 0 aromatic carbocycles. The van der Waals surface area contributed by atoms with Gasteiger partial charge in [-0.15, -0.1) is 0 Å². The SMILES string of the molecule is CS[C@@H](C)CCN1CCC2(CCC(=O)N(CCc3cccnc3)C2)CC1. The molecule has 2 aliphatic rings. The van der Waals surface area contributed by atoms with Gasteiger partial charge in [-0.2, -0.15) is 11.8 Å². The molecule has 26 heavy (non-hydrogen) atoms. The average molecular weight is 376 g/mol. The number of hydrogen-bond donors (Lipinski definition) is 0. The number of carbonyl (C=O) groups is 1. The van der Waals surface area contributed by atoms with Crippen LogP contribution in [0.2, 0.25) is 0 Å². The molecule has 2 saturated heterocycles. The summed E-state index contributed by atoms with van der Waals surface area (Å²) in [5, 5.41) is 0.751. The summed E-state index contributed by atoms with van der Waals surface area (Å²) in [7, 11) is 0. The van der Waals surface area contributed by atoms with Crippen LogP contribution in [0, 0.1) is 5.41 Å². The largest absolute Gasteiger partial charge is 0.342 e. The number of nitrogens with zero attached hydrogens (tertiary/aromatic N) is 3. The first-order chi connectivity index (χ1) is 12.6. The van der Waals surface area contributed by atoms with Crippen LogP contribution in [0.4, 0.5) is 0 Å². The molecule has 0 aliphatic carbocycles. The van der Waals surface area contributed by atoms with Crippen molar-refractivity contribution in [3.8, 4) is 0 Å². The summed E-state index contributed by atoms with van der Waals surface area (Å²) in [6.07, 6.45) is 12.4. The van der Waals surface area contributed by atoms with E-state index < -0.39 is 0 Å². The summed E-state index contributed by atoms with van der Waals surface area (Å²) in [5.41, 5.74) is 1.59. The van der Waals surface area contributed by atoms with E-state index >= 15 is 0 Å². The lowest BCUT2D eigenvalue weighted by atomic mass is 9.72. The summed E-state index contributed by atoms with van der Waals surface area (Å²) in [6.45, 7) is 7.74. The Balaban J connectivity index is 1.49. The number of likely N-dealkylation sites (tertiary alicyclic amines) is 2. The summed E-state index contributed by atoms with van der Waals surface area (Å²) in [4.78, 5) is 21.4. The second-order valence-corrected chi connectivity index (χ2v) is 9.38. The fourth-order valence-electron chi connectivity index (χ4n) is 4.26. The molecule has 0 radical (unpaired) electrons. The topological polar surface area (TPSA) is 36.4 Å². The highest BCUT2D eigenvalue weighted by Crippen LogP contribution is 2.40. The zero-order chi connectivity index (χ0) is 18.4. The van der Waals surface area contributed by atoms with Gasteiger partial charge in [-0.05, 0) is 75.0 Å². The van der Waals surface area contributed by atoms with Crippen molar-refractivity contribution in [2.75, 3.05) is 39.0 Å². The van der Waals surface area contributed by atoms with Gasteiger partial charge in [-0.25, -0.2) is 0 Å². The Bertz CT molecular complexity index is 572. The van der Waals surface area contributed by atoms with Gasteiger partial charge in [0.1, 0.15) is 0 Å². The lowest BCUT2D eigenvalue weighted by Crippen LogP contribution is -2.52. The van der Waals surface area contributed by atoms with Crippen LogP contribution in [0.3, 0.4) is 0 Å². The molecule has 1 atom stereocenters. The number of hydrogen-bond acceptors (Lipinski definition) is 4. The first-order valence-corrected chi connectivity index (χ1v) is 11.3. The van der Waals surface area contributed by atoms with Gasteiger partial charge < -0.3 is 9.80 Å². The molecule has 2 fully saturated rings. The van der Waals surface area contributed by atoms with Crippen LogP contribution in [0.5, 0.6) is 0 Å². The van der Waals surface area contributed by atoms with E-state index in [1.54, 1.807) is 6.20 Å². The molecule has 0 saturated carbocycles. The zero-order valence-electron chi connectivity index (χ0n) is 16.3. The smallest absolute Gasteiger partial charge is 0.222 e. The van der Waals surface area contributed by atoms with E-state index in [1.165, 1.54) is 44.5 Å². The van der Waals surface area contributed by atoms with Crippen LogP contribution in [0.1, 0.15) is 44.6 Å². The van der Waals surface area contributed by atoms with Gasteiger partial charge in [0.25, 0.3) is 0 Å². The van der Waals surface area contributed by atoms with Gasteiger partial charge in [-0.1, -0.05) is 13.0 Å². The van der Waals surface area contributed by atoms with Crippen molar-refractivity contribution in [3.05, 3.63) is 30.1 Å². The van der Waals surface area contributed by atoms with Crippen molar-refractivity contribution in [3.63, 3.8) is 0 Å². The molecule has 4 nitrogen and oxygen atoms in total. The zero-order valence-corrected chi connectivity index (χ0v) is 17.1. The van der Waals surface area contributed by atoms with Gasteiger partial charge in [0, 0.05) is 37.2 Å². The van der Waals surface area contributed by atoms with E-state index in [-0.39, 0.29) is 0 Å². The lowest BCUT2D eigenvalue weighted by molar-refractivity contribution is -0.139. The number of amides is 1. The molecule has 1 amide bonds. The van der Waals surface area contributed by atoms with Crippen molar-refractivity contribution in [1.29, 1.82) is 0 Å². The van der Waals surface area contributed by atoms with Gasteiger partial charge in [-0.3, -0.25) is 9.78 Å². The fraction of sp³-hybridized carbons (Fsp3) is 0.714. The highest BCUT2D eigenvalue weighted by atomic mass is 32.2. The maximum atomic E-state index is 12.4.